The second-order valence-corrected chi connectivity index (χ2v) is 4.87. The standard InChI is InChI=1S/C11H17N3O2S/c1-2-3-12-10(15)9-8-13-11(17-9)14-4-6-16-7-5-14/h8H,2-7H2,1H3,(H,12,15). The molecule has 1 N–H and O–H groups in total. The monoisotopic (exact) mass is 255 g/mol. The van der Waals surface area contributed by atoms with Crippen LogP contribution in [0.15, 0.2) is 6.20 Å². The highest BCUT2D eigenvalue weighted by molar-refractivity contribution is 7.17. The third-order valence-electron chi connectivity index (χ3n) is 2.53. The minimum atomic E-state index is -0.0242. The van der Waals surface area contributed by atoms with Crippen LogP contribution in [0.25, 0.3) is 0 Å². The molecule has 17 heavy (non-hydrogen) atoms. The van der Waals surface area contributed by atoms with Crippen molar-refractivity contribution >= 4 is 22.4 Å². The summed E-state index contributed by atoms with van der Waals surface area (Å²) in [6.45, 7) is 5.91. The molecule has 1 fully saturated rings. The molecule has 94 valence electrons. The number of hydrogen-bond donors (Lipinski definition) is 1. The molecule has 1 aromatic heterocycles. The zero-order chi connectivity index (χ0) is 12.1. The number of nitrogens with zero attached hydrogens (tertiary/aromatic N) is 2. The lowest BCUT2D eigenvalue weighted by molar-refractivity contribution is 0.0957. The van der Waals surface area contributed by atoms with Gasteiger partial charge in [0.05, 0.1) is 19.4 Å². The number of hydrogen-bond acceptors (Lipinski definition) is 5. The molecule has 0 bridgehead atoms. The number of ether oxygens (including phenoxy) is 1. The Morgan fingerprint density at radius 1 is 1.59 bits per heavy atom. The maximum absolute atomic E-state index is 11.7. The van der Waals surface area contributed by atoms with Crippen LogP contribution in [0.1, 0.15) is 23.0 Å². The summed E-state index contributed by atoms with van der Waals surface area (Å²) in [5.74, 6) is -0.0242. The Bertz CT molecular complexity index is 375. The number of amides is 1. The van der Waals surface area contributed by atoms with Gasteiger partial charge in [-0.15, -0.1) is 0 Å². The van der Waals surface area contributed by atoms with Crippen LogP contribution in [0.3, 0.4) is 0 Å². The molecule has 1 aliphatic heterocycles. The molecule has 0 atom stereocenters. The Morgan fingerprint density at radius 3 is 3.06 bits per heavy atom. The molecule has 1 aromatic rings. The molecule has 0 radical (unpaired) electrons. The maximum Gasteiger partial charge on any atom is 0.263 e. The molecule has 0 aromatic carbocycles. The highest BCUT2D eigenvalue weighted by Gasteiger charge is 2.16. The normalized spacial score (nSPS) is 15.9. The van der Waals surface area contributed by atoms with Crippen LogP contribution in [0, 0.1) is 0 Å². The zero-order valence-corrected chi connectivity index (χ0v) is 10.8. The van der Waals surface area contributed by atoms with Crippen molar-refractivity contribution in [3.8, 4) is 0 Å². The molecule has 0 unspecified atom stereocenters. The molecule has 0 spiro atoms. The lowest BCUT2D eigenvalue weighted by Crippen LogP contribution is -2.36. The van der Waals surface area contributed by atoms with Crippen molar-refractivity contribution in [3.05, 3.63) is 11.1 Å². The van der Waals surface area contributed by atoms with E-state index in [0.29, 0.717) is 11.4 Å². The third kappa shape index (κ3) is 3.17. The summed E-state index contributed by atoms with van der Waals surface area (Å²) in [5, 5.41) is 3.77. The van der Waals surface area contributed by atoms with E-state index in [4.69, 9.17) is 4.74 Å². The first kappa shape index (κ1) is 12.3. The molecule has 0 saturated carbocycles. The predicted molar refractivity (Wildman–Crippen MR) is 67.8 cm³/mol. The smallest absolute Gasteiger partial charge is 0.263 e. The van der Waals surface area contributed by atoms with Crippen LogP contribution in [0.5, 0.6) is 0 Å². The van der Waals surface area contributed by atoms with Gasteiger partial charge >= 0.3 is 0 Å². The molecule has 1 saturated heterocycles. The SMILES string of the molecule is CCCNC(=O)c1cnc(N2CCOCC2)s1. The fourth-order valence-corrected chi connectivity index (χ4v) is 2.48. The number of morpholine rings is 1. The first-order valence-corrected chi connectivity index (χ1v) is 6.69. The van der Waals surface area contributed by atoms with Gasteiger partial charge in [0.25, 0.3) is 5.91 Å². The lowest BCUT2D eigenvalue weighted by atomic mass is 10.4. The minimum Gasteiger partial charge on any atom is -0.378 e. The Labute approximate surface area is 105 Å². The second-order valence-electron chi connectivity index (χ2n) is 3.86. The molecular weight excluding hydrogens is 238 g/mol. The Kier molecular flexibility index (Phi) is 4.33. The largest absolute Gasteiger partial charge is 0.378 e. The Hall–Kier alpha value is -1.14. The second kappa shape index (κ2) is 5.97. The van der Waals surface area contributed by atoms with Gasteiger partial charge < -0.3 is 15.0 Å². The summed E-state index contributed by atoms with van der Waals surface area (Å²) in [5.41, 5.74) is 0. The molecule has 1 amide bonds. The average molecular weight is 255 g/mol. The van der Waals surface area contributed by atoms with Gasteiger partial charge in [0.2, 0.25) is 0 Å². The molecule has 2 heterocycles. The van der Waals surface area contributed by atoms with Gasteiger partial charge in [-0.3, -0.25) is 4.79 Å². The number of carbonyl (C=O) groups is 1. The van der Waals surface area contributed by atoms with Crippen LogP contribution in [0.2, 0.25) is 0 Å². The van der Waals surface area contributed by atoms with E-state index in [-0.39, 0.29) is 5.91 Å². The van der Waals surface area contributed by atoms with Crippen molar-refractivity contribution in [1.82, 2.24) is 10.3 Å². The Balaban J connectivity index is 1.97. The van der Waals surface area contributed by atoms with E-state index in [9.17, 15) is 4.79 Å². The molecule has 0 aliphatic carbocycles. The van der Waals surface area contributed by atoms with Crippen molar-refractivity contribution in [1.29, 1.82) is 0 Å². The van der Waals surface area contributed by atoms with Crippen LogP contribution in [-0.4, -0.2) is 43.7 Å². The van der Waals surface area contributed by atoms with E-state index < -0.39 is 0 Å². The van der Waals surface area contributed by atoms with Gasteiger partial charge in [-0.1, -0.05) is 18.3 Å². The highest BCUT2D eigenvalue weighted by atomic mass is 32.1. The number of carbonyl (C=O) groups excluding carboxylic acids is 1. The van der Waals surface area contributed by atoms with Crippen molar-refractivity contribution in [2.75, 3.05) is 37.7 Å². The van der Waals surface area contributed by atoms with Gasteiger partial charge in [-0.25, -0.2) is 4.98 Å². The number of thiazole rings is 1. The third-order valence-corrected chi connectivity index (χ3v) is 3.59. The quantitative estimate of drug-likeness (QED) is 0.876. The number of anilines is 1. The van der Waals surface area contributed by atoms with E-state index in [1.54, 1.807) is 6.20 Å². The van der Waals surface area contributed by atoms with Crippen LogP contribution in [-0.2, 0) is 4.74 Å². The molecule has 1 aliphatic rings. The highest BCUT2D eigenvalue weighted by Crippen LogP contribution is 2.23. The van der Waals surface area contributed by atoms with Crippen molar-refractivity contribution in [3.63, 3.8) is 0 Å². The fraction of sp³-hybridized carbons (Fsp3) is 0.636. The van der Waals surface area contributed by atoms with Crippen molar-refractivity contribution in [2.24, 2.45) is 0 Å². The van der Waals surface area contributed by atoms with Crippen molar-refractivity contribution in [2.45, 2.75) is 13.3 Å². The van der Waals surface area contributed by atoms with E-state index in [0.717, 1.165) is 37.9 Å². The van der Waals surface area contributed by atoms with Crippen LogP contribution in [0.4, 0.5) is 5.13 Å². The summed E-state index contributed by atoms with van der Waals surface area (Å²) in [7, 11) is 0. The molecule has 5 nitrogen and oxygen atoms in total. The first-order valence-electron chi connectivity index (χ1n) is 5.88. The van der Waals surface area contributed by atoms with Crippen LogP contribution < -0.4 is 10.2 Å². The summed E-state index contributed by atoms with van der Waals surface area (Å²) in [4.78, 5) is 18.9. The number of aromatic nitrogens is 1. The summed E-state index contributed by atoms with van der Waals surface area (Å²) in [6, 6.07) is 0. The van der Waals surface area contributed by atoms with E-state index in [1.807, 2.05) is 6.92 Å². The summed E-state index contributed by atoms with van der Waals surface area (Å²) < 4.78 is 5.28. The van der Waals surface area contributed by atoms with Gasteiger partial charge in [0, 0.05) is 19.6 Å². The van der Waals surface area contributed by atoms with E-state index >= 15 is 0 Å². The number of rotatable bonds is 4. The van der Waals surface area contributed by atoms with Gasteiger partial charge in [-0.2, -0.15) is 0 Å². The van der Waals surface area contributed by atoms with E-state index in [2.05, 4.69) is 15.2 Å². The summed E-state index contributed by atoms with van der Waals surface area (Å²) >= 11 is 1.45. The summed E-state index contributed by atoms with van der Waals surface area (Å²) in [6.07, 6.45) is 2.60. The molecule has 2 rings (SSSR count). The van der Waals surface area contributed by atoms with Crippen molar-refractivity contribution < 1.29 is 9.53 Å². The fourth-order valence-electron chi connectivity index (χ4n) is 1.60. The maximum atomic E-state index is 11.7. The lowest BCUT2D eigenvalue weighted by Gasteiger charge is -2.25. The Morgan fingerprint density at radius 2 is 2.35 bits per heavy atom. The molecular formula is C11H17N3O2S. The number of nitrogens with one attached hydrogen (secondary N) is 1. The van der Waals surface area contributed by atoms with Crippen LogP contribution >= 0.6 is 11.3 Å². The van der Waals surface area contributed by atoms with Gasteiger partial charge in [0.15, 0.2) is 5.13 Å². The predicted octanol–water partition coefficient (Wildman–Crippen LogP) is 1.12. The van der Waals surface area contributed by atoms with Gasteiger partial charge in [-0.05, 0) is 6.42 Å². The minimum absolute atomic E-state index is 0.0242. The van der Waals surface area contributed by atoms with E-state index in [1.165, 1.54) is 11.3 Å². The van der Waals surface area contributed by atoms with Gasteiger partial charge in [0.1, 0.15) is 4.88 Å². The molecule has 6 heteroatoms. The zero-order valence-electron chi connectivity index (χ0n) is 9.94. The first-order chi connectivity index (χ1) is 8.31. The average Bonchev–Trinajstić information content (AvgIpc) is 2.86. The topological polar surface area (TPSA) is 54.5 Å².